The zero-order chi connectivity index (χ0) is 15.4. The van der Waals surface area contributed by atoms with Crippen molar-refractivity contribution >= 4 is 5.84 Å². The highest BCUT2D eigenvalue weighted by Gasteiger charge is 2.15. The molecule has 0 saturated heterocycles. The number of hydrogen-bond acceptors (Lipinski definition) is 5. The lowest BCUT2D eigenvalue weighted by Crippen LogP contribution is -2.17. The van der Waals surface area contributed by atoms with Gasteiger partial charge in [-0.2, -0.15) is 0 Å². The summed E-state index contributed by atoms with van der Waals surface area (Å²) in [6.45, 7) is 3.52. The van der Waals surface area contributed by atoms with Crippen molar-refractivity contribution in [1.29, 1.82) is 0 Å². The van der Waals surface area contributed by atoms with Crippen LogP contribution >= 0.6 is 0 Å². The van der Waals surface area contributed by atoms with Gasteiger partial charge in [0.15, 0.2) is 5.84 Å². The molecule has 0 aliphatic carbocycles. The summed E-state index contributed by atoms with van der Waals surface area (Å²) in [4.78, 5) is 4.29. The van der Waals surface area contributed by atoms with Gasteiger partial charge in [-0.3, -0.25) is 4.98 Å². The second-order valence-electron chi connectivity index (χ2n) is 4.62. The van der Waals surface area contributed by atoms with Gasteiger partial charge in [0.1, 0.15) is 11.5 Å². The summed E-state index contributed by atoms with van der Waals surface area (Å²) < 4.78 is 5.81. The van der Waals surface area contributed by atoms with Crippen LogP contribution in [0.4, 0.5) is 0 Å². The number of aliphatic hydroxyl groups excluding tert-OH is 1. The Kier molecular flexibility index (Phi) is 4.39. The molecule has 0 fully saturated rings. The van der Waals surface area contributed by atoms with Gasteiger partial charge in [0.2, 0.25) is 0 Å². The lowest BCUT2D eigenvalue weighted by molar-refractivity contribution is 0.281. The normalized spacial score (nSPS) is 11.5. The number of oxime groups is 1. The Bertz CT molecular complexity index is 684. The summed E-state index contributed by atoms with van der Waals surface area (Å²) in [5, 5.41) is 21.1. The Labute approximate surface area is 122 Å². The standard InChI is InChI=1S/C15H17N3O3/c1-9-6-13(14(10(2)17-9)15(16)18-20)21-12-5-3-4-11(7-12)8-19/h3-7,19-20H,8H2,1-2H3,(H2,16,18). The van der Waals surface area contributed by atoms with Crippen LogP contribution in [-0.4, -0.2) is 21.1 Å². The third kappa shape index (κ3) is 3.29. The molecule has 0 unspecified atom stereocenters. The van der Waals surface area contributed by atoms with Gasteiger partial charge in [-0.05, 0) is 31.5 Å². The van der Waals surface area contributed by atoms with Crippen LogP contribution in [0.1, 0.15) is 22.5 Å². The lowest BCUT2D eigenvalue weighted by atomic mass is 10.1. The van der Waals surface area contributed by atoms with Gasteiger partial charge in [-0.25, -0.2) is 0 Å². The average Bonchev–Trinajstić information content (AvgIpc) is 2.46. The first-order valence-corrected chi connectivity index (χ1v) is 6.39. The molecular formula is C15H17N3O3. The van der Waals surface area contributed by atoms with Crippen LogP contribution in [-0.2, 0) is 6.61 Å². The third-order valence-electron chi connectivity index (χ3n) is 2.96. The fourth-order valence-corrected chi connectivity index (χ4v) is 2.07. The van der Waals surface area contributed by atoms with E-state index in [-0.39, 0.29) is 12.4 Å². The predicted octanol–water partition coefficient (Wildman–Crippen LogP) is 2.08. The number of amidine groups is 1. The third-order valence-corrected chi connectivity index (χ3v) is 2.96. The highest BCUT2D eigenvalue weighted by molar-refractivity contribution is 6.00. The van der Waals surface area contributed by atoms with E-state index >= 15 is 0 Å². The van der Waals surface area contributed by atoms with Crippen molar-refractivity contribution in [3.8, 4) is 11.5 Å². The molecule has 0 bridgehead atoms. The molecule has 1 heterocycles. The summed E-state index contributed by atoms with van der Waals surface area (Å²) in [5.74, 6) is 0.942. The van der Waals surface area contributed by atoms with Crippen molar-refractivity contribution in [2.75, 3.05) is 0 Å². The molecule has 110 valence electrons. The van der Waals surface area contributed by atoms with Crippen molar-refractivity contribution in [2.45, 2.75) is 20.5 Å². The molecule has 0 amide bonds. The Morgan fingerprint density at radius 3 is 2.76 bits per heavy atom. The monoisotopic (exact) mass is 287 g/mol. The average molecular weight is 287 g/mol. The molecule has 0 aliphatic rings. The van der Waals surface area contributed by atoms with Crippen molar-refractivity contribution < 1.29 is 15.1 Å². The molecule has 21 heavy (non-hydrogen) atoms. The highest BCUT2D eigenvalue weighted by Crippen LogP contribution is 2.28. The zero-order valence-corrected chi connectivity index (χ0v) is 11.9. The number of ether oxygens (including phenoxy) is 1. The molecule has 2 aromatic rings. The first kappa shape index (κ1) is 14.8. The maximum absolute atomic E-state index is 9.16. The van der Waals surface area contributed by atoms with E-state index in [1.807, 2.05) is 6.92 Å². The summed E-state index contributed by atoms with van der Waals surface area (Å²) in [5.41, 5.74) is 8.24. The SMILES string of the molecule is Cc1cc(Oc2cccc(CO)c2)c(/C(N)=N/O)c(C)n1. The quantitative estimate of drug-likeness (QED) is 0.346. The van der Waals surface area contributed by atoms with E-state index < -0.39 is 0 Å². The first-order chi connectivity index (χ1) is 10.0. The van der Waals surface area contributed by atoms with E-state index in [1.165, 1.54) is 0 Å². The summed E-state index contributed by atoms with van der Waals surface area (Å²) >= 11 is 0. The van der Waals surface area contributed by atoms with Crippen LogP contribution in [0.2, 0.25) is 0 Å². The number of aryl methyl sites for hydroxylation is 2. The highest BCUT2D eigenvalue weighted by atomic mass is 16.5. The van der Waals surface area contributed by atoms with E-state index in [1.54, 1.807) is 37.3 Å². The van der Waals surface area contributed by atoms with E-state index in [9.17, 15) is 0 Å². The molecule has 1 aromatic heterocycles. The van der Waals surface area contributed by atoms with E-state index in [4.69, 9.17) is 20.8 Å². The van der Waals surface area contributed by atoms with Crippen LogP contribution in [0.3, 0.4) is 0 Å². The zero-order valence-electron chi connectivity index (χ0n) is 11.9. The Morgan fingerprint density at radius 2 is 2.10 bits per heavy atom. The molecule has 1 aromatic carbocycles. The van der Waals surface area contributed by atoms with Gasteiger partial charge in [0.05, 0.1) is 17.9 Å². The van der Waals surface area contributed by atoms with Gasteiger partial charge in [-0.1, -0.05) is 17.3 Å². The minimum Gasteiger partial charge on any atom is -0.456 e. The molecule has 0 radical (unpaired) electrons. The summed E-state index contributed by atoms with van der Waals surface area (Å²) in [6.07, 6.45) is 0. The number of benzene rings is 1. The van der Waals surface area contributed by atoms with Gasteiger partial charge >= 0.3 is 0 Å². The molecule has 0 aliphatic heterocycles. The molecule has 6 nitrogen and oxygen atoms in total. The number of nitrogens with two attached hydrogens (primary N) is 1. The molecule has 4 N–H and O–H groups in total. The van der Waals surface area contributed by atoms with Crippen molar-refractivity contribution in [3.05, 3.63) is 52.8 Å². The second kappa shape index (κ2) is 6.23. The Hall–Kier alpha value is -2.60. The predicted molar refractivity (Wildman–Crippen MR) is 78.7 cm³/mol. The van der Waals surface area contributed by atoms with Gasteiger partial charge in [0, 0.05) is 11.8 Å². The fraction of sp³-hybridized carbons (Fsp3) is 0.200. The fourth-order valence-electron chi connectivity index (χ4n) is 2.07. The van der Waals surface area contributed by atoms with Crippen LogP contribution < -0.4 is 10.5 Å². The number of hydrogen-bond donors (Lipinski definition) is 3. The van der Waals surface area contributed by atoms with Crippen molar-refractivity contribution in [1.82, 2.24) is 4.98 Å². The molecule has 0 atom stereocenters. The second-order valence-corrected chi connectivity index (χ2v) is 4.62. The number of aliphatic hydroxyl groups is 1. The number of aromatic nitrogens is 1. The minimum atomic E-state index is -0.0707. The minimum absolute atomic E-state index is 0.0617. The van der Waals surface area contributed by atoms with E-state index in [0.717, 1.165) is 11.3 Å². The number of pyridine rings is 1. The Balaban J connectivity index is 2.47. The topological polar surface area (TPSA) is 101 Å². The molecule has 6 heteroatoms. The van der Waals surface area contributed by atoms with Gasteiger partial charge in [0.25, 0.3) is 0 Å². The largest absolute Gasteiger partial charge is 0.456 e. The Morgan fingerprint density at radius 1 is 1.33 bits per heavy atom. The van der Waals surface area contributed by atoms with Gasteiger partial charge in [-0.15, -0.1) is 0 Å². The van der Waals surface area contributed by atoms with Crippen LogP contribution in [0.5, 0.6) is 11.5 Å². The maximum atomic E-state index is 9.16. The van der Waals surface area contributed by atoms with Crippen LogP contribution in [0.25, 0.3) is 0 Å². The lowest BCUT2D eigenvalue weighted by Gasteiger charge is -2.13. The summed E-state index contributed by atoms with van der Waals surface area (Å²) in [6, 6.07) is 8.78. The van der Waals surface area contributed by atoms with Crippen LogP contribution in [0, 0.1) is 13.8 Å². The molecule has 2 rings (SSSR count). The van der Waals surface area contributed by atoms with Crippen molar-refractivity contribution in [2.24, 2.45) is 10.9 Å². The summed E-state index contributed by atoms with van der Waals surface area (Å²) in [7, 11) is 0. The molecule has 0 saturated carbocycles. The van der Waals surface area contributed by atoms with Crippen LogP contribution in [0.15, 0.2) is 35.5 Å². The number of nitrogens with zero attached hydrogens (tertiary/aromatic N) is 2. The van der Waals surface area contributed by atoms with Gasteiger partial charge < -0.3 is 20.8 Å². The molecular weight excluding hydrogens is 270 g/mol. The van der Waals surface area contributed by atoms with Crippen molar-refractivity contribution in [3.63, 3.8) is 0 Å². The molecule has 0 spiro atoms. The smallest absolute Gasteiger partial charge is 0.175 e. The first-order valence-electron chi connectivity index (χ1n) is 6.39. The van der Waals surface area contributed by atoms with E-state index in [2.05, 4.69) is 10.1 Å². The maximum Gasteiger partial charge on any atom is 0.175 e. The number of rotatable bonds is 4. The van der Waals surface area contributed by atoms with E-state index in [0.29, 0.717) is 22.8 Å².